The molecule has 0 saturated heterocycles. The van der Waals surface area contributed by atoms with Crippen LogP contribution in [-0.2, 0) is 0 Å². The van der Waals surface area contributed by atoms with Crippen LogP contribution in [0.15, 0.2) is 58.1 Å². The highest BCUT2D eigenvalue weighted by molar-refractivity contribution is 9.10. The van der Waals surface area contributed by atoms with E-state index in [-0.39, 0.29) is 0 Å². The van der Waals surface area contributed by atoms with Gasteiger partial charge < -0.3 is 11.1 Å². The van der Waals surface area contributed by atoms with E-state index in [0.29, 0.717) is 17.9 Å². The van der Waals surface area contributed by atoms with Gasteiger partial charge in [0.25, 0.3) is 0 Å². The van der Waals surface area contributed by atoms with Crippen molar-refractivity contribution in [3.63, 3.8) is 0 Å². The fourth-order valence-corrected chi connectivity index (χ4v) is 2.76. The van der Waals surface area contributed by atoms with Gasteiger partial charge in [0.05, 0.1) is 6.04 Å². The topological polar surface area (TPSA) is 63.3 Å². The molecule has 1 fully saturated rings. The van der Waals surface area contributed by atoms with E-state index in [9.17, 15) is 0 Å². The Morgan fingerprint density at radius 2 is 1.95 bits per heavy atom. The number of benzene rings is 1. The minimum atomic E-state index is 0.301. The smallest absolute Gasteiger partial charge is 0.194 e. The summed E-state index contributed by atoms with van der Waals surface area (Å²) in [5.74, 6) is 1.75. The Labute approximate surface area is 132 Å². The Bertz CT molecular complexity index is 618. The van der Waals surface area contributed by atoms with Crippen LogP contribution in [0.25, 0.3) is 0 Å². The monoisotopic (exact) mass is 344 g/mol. The molecule has 5 heteroatoms. The highest BCUT2D eigenvalue weighted by Gasteiger charge is 2.30. The molecule has 1 aliphatic rings. The second-order valence-electron chi connectivity index (χ2n) is 5.23. The number of halogens is 1. The number of nitrogens with two attached hydrogens (primary N) is 1. The number of pyridine rings is 1. The van der Waals surface area contributed by atoms with Gasteiger partial charge >= 0.3 is 0 Å². The van der Waals surface area contributed by atoms with Gasteiger partial charge in [-0.05, 0) is 48.6 Å². The number of nitrogens with zero attached hydrogens (tertiary/aromatic N) is 2. The first-order valence-electron chi connectivity index (χ1n) is 6.97. The van der Waals surface area contributed by atoms with E-state index >= 15 is 0 Å². The number of hydrogen-bond donors (Lipinski definition) is 2. The summed E-state index contributed by atoms with van der Waals surface area (Å²) in [6.07, 6.45) is 3.82. The van der Waals surface area contributed by atoms with E-state index < -0.39 is 0 Å². The van der Waals surface area contributed by atoms with Gasteiger partial charge in [-0.25, -0.2) is 9.98 Å². The minimum Gasteiger partial charge on any atom is -0.370 e. The molecule has 1 aliphatic carbocycles. The molecule has 108 valence electrons. The number of anilines is 1. The molecule has 1 saturated carbocycles. The normalized spacial score (nSPS) is 21.7. The van der Waals surface area contributed by atoms with Crippen molar-refractivity contribution >= 4 is 27.7 Å². The maximum atomic E-state index is 5.91. The quantitative estimate of drug-likeness (QED) is 0.661. The lowest BCUT2D eigenvalue weighted by Crippen LogP contribution is -2.31. The van der Waals surface area contributed by atoms with Gasteiger partial charge in [0, 0.05) is 10.7 Å². The molecule has 0 atom stereocenters. The predicted molar refractivity (Wildman–Crippen MR) is 89.4 cm³/mol. The second-order valence-corrected chi connectivity index (χ2v) is 6.14. The molecule has 3 N–H and O–H groups in total. The summed E-state index contributed by atoms with van der Waals surface area (Å²) >= 11 is 3.46. The van der Waals surface area contributed by atoms with E-state index in [4.69, 9.17) is 5.73 Å². The highest BCUT2D eigenvalue weighted by atomic mass is 79.9. The van der Waals surface area contributed by atoms with Crippen molar-refractivity contribution in [3.05, 3.63) is 58.7 Å². The summed E-state index contributed by atoms with van der Waals surface area (Å²) < 4.78 is 1.11. The fourth-order valence-electron chi connectivity index (χ4n) is 2.50. The lowest BCUT2D eigenvalue weighted by atomic mass is 9.76. The molecule has 0 amide bonds. The molecular weight excluding hydrogens is 328 g/mol. The molecule has 3 rings (SSSR count). The Morgan fingerprint density at radius 3 is 2.62 bits per heavy atom. The van der Waals surface area contributed by atoms with E-state index in [2.05, 4.69) is 55.5 Å². The van der Waals surface area contributed by atoms with Crippen LogP contribution in [-0.4, -0.2) is 17.0 Å². The van der Waals surface area contributed by atoms with Crippen LogP contribution < -0.4 is 11.1 Å². The van der Waals surface area contributed by atoms with Crippen molar-refractivity contribution in [1.29, 1.82) is 0 Å². The summed E-state index contributed by atoms with van der Waals surface area (Å²) in [6, 6.07) is 14.5. The molecule has 0 radical (unpaired) electrons. The molecule has 0 aliphatic heterocycles. The highest BCUT2D eigenvalue weighted by Crippen LogP contribution is 2.39. The van der Waals surface area contributed by atoms with Crippen molar-refractivity contribution in [2.75, 3.05) is 5.32 Å². The number of nitrogens with one attached hydrogen (secondary N) is 1. The predicted octanol–water partition coefficient (Wildman–Crippen LogP) is 3.52. The van der Waals surface area contributed by atoms with Crippen LogP contribution in [0, 0.1) is 0 Å². The van der Waals surface area contributed by atoms with Crippen LogP contribution in [0.5, 0.6) is 0 Å². The molecule has 1 heterocycles. The lowest BCUT2D eigenvalue weighted by Gasteiger charge is -2.33. The summed E-state index contributed by atoms with van der Waals surface area (Å²) in [7, 11) is 0. The number of hydrogen-bond acceptors (Lipinski definition) is 2. The first-order valence-corrected chi connectivity index (χ1v) is 7.77. The largest absolute Gasteiger partial charge is 0.370 e. The van der Waals surface area contributed by atoms with Crippen LogP contribution >= 0.6 is 15.9 Å². The summed E-state index contributed by atoms with van der Waals surface area (Å²) in [5.41, 5.74) is 7.29. The Kier molecular flexibility index (Phi) is 4.20. The average Bonchev–Trinajstić information content (AvgIpc) is 2.45. The first-order chi connectivity index (χ1) is 10.2. The molecule has 0 spiro atoms. The maximum absolute atomic E-state index is 5.91. The zero-order valence-corrected chi connectivity index (χ0v) is 13.1. The number of guanidine groups is 1. The van der Waals surface area contributed by atoms with Crippen LogP contribution in [0.3, 0.4) is 0 Å². The fraction of sp³-hybridized carbons (Fsp3) is 0.250. The lowest BCUT2D eigenvalue weighted by molar-refractivity contribution is 0.353. The van der Waals surface area contributed by atoms with Gasteiger partial charge in [-0.2, -0.15) is 0 Å². The van der Waals surface area contributed by atoms with Crippen molar-refractivity contribution < 1.29 is 0 Å². The van der Waals surface area contributed by atoms with E-state index in [1.54, 1.807) is 6.20 Å². The number of aliphatic imine (C=N–C) groups is 1. The molecule has 4 nitrogen and oxygen atoms in total. The van der Waals surface area contributed by atoms with Crippen molar-refractivity contribution in [2.24, 2.45) is 10.7 Å². The molecule has 21 heavy (non-hydrogen) atoms. The molecular formula is C16H17BrN4. The van der Waals surface area contributed by atoms with Crippen LogP contribution in [0.2, 0.25) is 0 Å². The molecule has 1 aromatic heterocycles. The van der Waals surface area contributed by atoms with Gasteiger partial charge in [-0.15, -0.1) is 0 Å². The van der Waals surface area contributed by atoms with Gasteiger partial charge in [0.15, 0.2) is 5.96 Å². The first kappa shape index (κ1) is 14.1. The van der Waals surface area contributed by atoms with Crippen LogP contribution in [0.4, 0.5) is 5.82 Å². The SMILES string of the molecule is NC(=NC1CC(c2ccc(Br)cc2)C1)Nc1ccccn1. The standard InChI is InChI=1S/C16H17BrN4/c17-13-6-4-11(5-7-13)12-9-14(10-12)20-16(18)21-15-3-1-2-8-19-15/h1-8,12,14H,9-10H2,(H3,18,19,20,21). The van der Waals surface area contributed by atoms with Gasteiger partial charge in [-0.3, -0.25) is 0 Å². The minimum absolute atomic E-state index is 0.301. The van der Waals surface area contributed by atoms with Crippen LogP contribution in [0.1, 0.15) is 24.3 Å². The Hall–Kier alpha value is -1.88. The number of rotatable bonds is 3. The molecule has 2 aromatic rings. The van der Waals surface area contributed by atoms with Gasteiger partial charge in [0.1, 0.15) is 5.82 Å². The third-order valence-electron chi connectivity index (χ3n) is 3.70. The summed E-state index contributed by atoms with van der Waals surface area (Å²) in [4.78, 5) is 8.67. The molecule has 0 unspecified atom stereocenters. The van der Waals surface area contributed by atoms with E-state index in [1.807, 2.05) is 18.2 Å². The Balaban J connectivity index is 1.54. The zero-order valence-electron chi connectivity index (χ0n) is 11.5. The van der Waals surface area contributed by atoms with Crippen molar-refractivity contribution in [2.45, 2.75) is 24.8 Å². The number of aromatic nitrogens is 1. The van der Waals surface area contributed by atoms with Gasteiger partial charge in [0.2, 0.25) is 0 Å². The third-order valence-corrected chi connectivity index (χ3v) is 4.23. The molecule has 0 bridgehead atoms. The average molecular weight is 345 g/mol. The summed E-state index contributed by atoms with van der Waals surface area (Å²) in [6.45, 7) is 0. The van der Waals surface area contributed by atoms with Crippen molar-refractivity contribution in [3.8, 4) is 0 Å². The molecule has 1 aromatic carbocycles. The second kappa shape index (κ2) is 6.26. The van der Waals surface area contributed by atoms with Gasteiger partial charge in [-0.1, -0.05) is 34.1 Å². The Morgan fingerprint density at radius 1 is 1.19 bits per heavy atom. The van der Waals surface area contributed by atoms with Crippen molar-refractivity contribution in [1.82, 2.24) is 4.98 Å². The maximum Gasteiger partial charge on any atom is 0.194 e. The van der Waals surface area contributed by atoms with E-state index in [1.165, 1.54) is 5.56 Å². The third kappa shape index (κ3) is 3.61. The van der Waals surface area contributed by atoms with E-state index in [0.717, 1.165) is 23.1 Å². The summed E-state index contributed by atoms with van der Waals surface area (Å²) in [5, 5.41) is 3.01. The zero-order chi connectivity index (χ0) is 14.7.